The monoisotopic (exact) mass is 238 g/mol. The predicted octanol–water partition coefficient (Wildman–Crippen LogP) is 1.64. The normalized spacial score (nSPS) is 12.2. The molecule has 0 aliphatic carbocycles. The SMILES string of the molecule is CNCC(C)C(=O)N(C)Cc1ccccc1F. The maximum Gasteiger partial charge on any atom is 0.226 e. The highest BCUT2D eigenvalue weighted by Gasteiger charge is 2.17. The molecule has 3 nitrogen and oxygen atoms in total. The van der Waals surface area contributed by atoms with Crippen molar-refractivity contribution in [2.75, 3.05) is 20.6 Å². The molecule has 94 valence electrons. The fourth-order valence-corrected chi connectivity index (χ4v) is 1.73. The molecule has 0 aliphatic heterocycles. The highest BCUT2D eigenvalue weighted by atomic mass is 19.1. The van der Waals surface area contributed by atoms with Crippen molar-refractivity contribution in [1.29, 1.82) is 0 Å². The van der Waals surface area contributed by atoms with Gasteiger partial charge in [0.2, 0.25) is 5.91 Å². The summed E-state index contributed by atoms with van der Waals surface area (Å²) in [7, 11) is 3.50. The van der Waals surface area contributed by atoms with E-state index in [2.05, 4.69) is 5.32 Å². The van der Waals surface area contributed by atoms with E-state index in [-0.39, 0.29) is 17.6 Å². The number of hydrogen-bond acceptors (Lipinski definition) is 2. The molecule has 0 saturated heterocycles. The van der Waals surface area contributed by atoms with Gasteiger partial charge in [0.05, 0.1) is 0 Å². The molecule has 0 aromatic heterocycles. The molecule has 1 aromatic carbocycles. The van der Waals surface area contributed by atoms with E-state index in [1.165, 1.54) is 6.07 Å². The van der Waals surface area contributed by atoms with Crippen LogP contribution >= 0.6 is 0 Å². The van der Waals surface area contributed by atoms with Crippen molar-refractivity contribution in [1.82, 2.24) is 10.2 Å². The molecule has 17 heavy (non-hydrogen) atoms. The van der Waals surface area contributed by atoms with Gasteiger partial charge in [-0.1, -0.05) is 25.1 Å². The summed E-state index contributed by atoms with van der Waals surface area (Å²) in [6.07, 6.45) is 0. The number of carbonyl (C=O) groups excluding carboxylic acids is 1. The van der Waals surface area contributed by atoms with E-state index >= 15 is 0 Å². The molecule has 0 bridgehead atoms. The number of halogens is 1. The molecule has 1 amide bonds. The summed E-state index contributed by atoms with van der Waals surface area (Å²) in [4.78, 5) is 13.5. The Balaban J connectivity index is 2.63. The Kier molecular flexibility index (Phi) is 5.10. The van der Waals surface area contributed by atoms with Gasteiger partial charge in [-0.2, -0.15) is 0 Å². The number of benzene rings is 1. The lowest BCUT2D eigenvalue weighted by Crippen LogP contribution is -2.35. The van der Waals surface area contributed by atoms with Crippen molar-refractivity contribution < 1.29 is 9.18 Å². The van der Waals surface area contributed by atoms with Crippen molar-refractivity contribution in [3.8, 4) is 0 Å². The summed E-state index contributed by atoms with van der Waals surface area (Å²) in [5, 5.41) is 2.96. The van der Waals surface area contributed by atoms with Gasteiger partial charge < -0.3 is 10.2 Å². The first-order valence-electron chi connectivity index (χ1n) is 5.69. The number of nitrogens with one attached hydrogen (secondary N) is 1. The third-order valence-corrected chi connectivity index (χ3v) is 2.67. The van der Waals surface area contributed by atoms with Gasteiger partial charge in [-0.25, -0.2) is 4.39 Å². The predicted molar refractivity (Wildman–Crippen MR) is 66.0 cm³/mol. The zero-order chi connectivity index (χ0) is 12.8. The summed E-state index contributed by atoms with van der Waals surface area (Å²) in [5.41, 5.74) is 0.542. The largest absolute Gasteiger partial charge is 0.341 e. The van der Waals surface area contributed by atoms with Crippen LogP contribution in [0.5, 0.6) is 0 Å². The molecule has 1 aromatic rings. The Morgan fingerprint density at radius 3 is 2.71 bits per heavy atom. The molecule has 0 saturated carbocycles. The van der Waals surface area contributed by atoms with E-state index < -0.39 is 0 Å². The molecule has 0 aliphatic rings. The van der Waals surface area contributed by atoms with Crippen LogP contribution in [-0.2, 0) is 11.3 Å². The second kappa shape index (κ2) is 6.35. The minimum Gasteiger partial charge on any atom is -0.341 e. The quantitative estimate of drug-likeness (QED) is 0.845. The second-order valence-electron chi connectivity index (χ2n) is 4.24. The van der Waals surface area contributed by atoms with E-state index in [0.717, 1.165) is 0 Å². The van der Waals surface area contributed by atoms with Crippen LogP contribution in [0.25, 0.3) is 0 Å². The van der Waals surface area contributed by atoms with Crippen LogP contribution in [0, 0.1) is 11.7 Å². The second-order valence-corrected chi connectivity index (χ2v) is 4.24. The highest BCUT2D eigenvalue weighted by molar-refractivity contribution is 5.78. The van der Waals surface area contributed by atoms with Gasteiger partial charge in [0.25, 0.3) is 0 Å². The first kappa shape index (κ1) is 13.6. The van der Waals surface area contributed by atoms with Gasteiger partial charge in [0.15, 0.2) is 0 Å². The van der Waals surface area contributed by atoms with Crippen LogP contribution in [0.3, 0.4) is 0 Å². The summed E-state index contributed by atoms with van der Waals surface area (Å²) >= 11 is 0. The molecule has 1 N–H and O–H groups in total. The van der Waals surface area contributed by atoms with E-state index in [0.29, 0.717) is 18.7 Å². The molecule has 1 atom stereocenters. The first-order valence-corrected chi connectivity index (χ1v) is 5.69. The topological polar surface area (TPSA) is 32.3 Å². The van der Waals surface area contributed by atoms with Crippen LogP contribution in [0.2, 0.25) is 0 Å². The average molecular weight is 238 g/mol. The van der Waals surface area contributed by atoms with Gasteiger partial charge in [-0.15, -0.1) is 0 Å². The van der Waals surface area contributed by atoms with Crippen molar-refractivity contribution in [2.24, 2.45) is 5.92 Å². The maximum absolute atomic E-state index is 13.4. The smallest absolute Gasteiger partial charge is 0.226 e. The fraction of sp³-hybridized carbons (Fsp3) is 0.462. The van der Waals surface area contributed by atoms with Crippen molar-refractivity contribution in [3.05, 3.63) is 35.6 Å². The molecule has 0 spiro atoms. The van der Waals surface area contributed by atoms with Crippen LogP contribution in [0.15, 0.2) is 24.3 Å². The Hall–Kier alpha value is -1.42. The van der Waals surface area contributed by atoms with Gasteiger partial charge >= 0.3 is 0 Å². The van der Waals surface area contributed by atoms with E-state index in [1.54, 1.807) is 37.2 Å². The molecule has 0 fully saturated rings. The molecule has 1 unspecified atom stereocenters. The van der Waals surface area contributed by atoms with E-state index in [1.807, 2.05) is 6.92 Å². The van der Waals surface area contributed by atoms with Crippen LogP contribution in [0.4, 0.5) is 4.39 Å². The van der Waals surface area contributed by atoms with Crippen LogP contribution in [-0.4, -0.2) is 31.4 Å². The fourth-order valence-electron chi connectivity index (χ4n) is 1.73. The summed E-state index contributed by atoms with van der Waals surface area (Å²) in [6, 6.07) is 6.52. The number of amides is 1. The number of carbonyl (C=O) groups is 1. The van der Waals surface area contributed by atoms with Gasteiger partial charge in [-0.3, -0.25) is 4.79 Å². The van der Waals surface area contributed by atoms with Crippen LogP contribution in [0.1, 0.15) is 12.5 Å². The Morgan fingerprint density at radius 2 is 2.12 bits per heavy atom. The van der Waals surface area contributed by atoms with Crippen molar-refractivity contribution >= 4 is 5.91 Å². The van der Waals surface area contributed by atoms with Crippen molar-refractivity contribution in [2.45, 2.75) is 13.5 Å². The number of rotatable bonds is 5. The molecule has 1 rings (SSSR count). The van der Waals surface area contributed by atoms with E-state index in [4.69, 9.17) is 0 Å². The Bertz CT molecular complexity index is 381. The lowest BCUT2D eigenvalue weighted by Gasteiger charge is -2.21. The minimum atomic E-state index is -0.270. The average Bonchev–Trinajstić information content (AvgIpc) is 2.31. The third kappa shape index (κ3) is 3.82. The minimum absolute atomic E-state index is 0.0163. The van der Waals surface area contributed by atoms with Crippen LogP contribution < -0.4 is 5.32 Å². The number of hydrogen-bond donors (Lipinski definition) is 1. The van der Waals surface area contributed by atoms with E-state index in [9.17, 15) is 9.18 Å². The summed E-state index contributed by atoms with van der Waals surface area (Å²) < 4.78 is 13.4. The third-order valence-electron chi connectivity index (χ3n) is 2.67. The van der Waals surface area contributed by atoms with Gasteiger partial charge in [-0.05, 0) is 13.1 Å². The Morgan fingerprint density at radius 1 is 1.47 bits per heavy atom. The molecule has 4 heteroatoms. The maximum atomic E-state index is 13.4. The molecular weight excluding hydrogens is 219 g/mol. The zero-order valence-corrected chi connectivity index (χ0v) is 10.5. The lowest BCUT2D eigenvalue weighted by molar-refractivity contribution is -0.134. The summed E-state index contributed by atoms with van der Waals surface area (Å²) in [6.45, 7) is 2.79. The summed E-state index contributed by atoms with van der Waals surface area (Å²) in [5.74, 6) is -0.354. The zero-order valence-electron chi connectivity index (χ0n) is 10.5. The highest BCUT2D eigenvalue weighted by Crippen LogP contribution is 2.10. The molecule has 0 heterocycles. The van der Waals surface area contributed by atoms with Gasteiger partial charge in [0, 0.05) is 31.6 Å². The standard InChI is InChI=1S/C13H19FN2O/c1-10(8-15-2)13(17)16(3)9-11-6-4-5-7-12(11)14/h4-7,10,15H,8-9H2,1-3H3. The molecular formula is C13H19FN2O. The van der Waals surface area contributed by atoms with Crippen molar-refractivity contribution in [3.63, 3.8) is 0 Å². The number of nitrogens with zero attached hydrogens (tertiary/aromatic N) is 1. The van der Waals surface area contributed by atoms with Gasteiger partial charge in [0.1, 0.15) is 5.82 Å². The first-order chi connectivity index (χ1) is 8.06. The molecule has 0 radical (unpaired) electrons. The Labute approximate surface area is 102 Å². The lowest BCUT2D eigenvalue weighted by atomic mass is 10.1.